The van der Waals surface area contributed by atoms with E-state index in [-0.39, 0.29) is 17.8 Å². The van der Waals surface area contributed by atoms with Gasteiger partial charge in [-0.25, -0.2) is 21.9 Å². The Morgan fingerprint density at radius 3 is 2.33 bits per heavy atom. The lowest BCUT2D eigenvalue weighted by molar-refractivity contribution is 0.375. The van der Waals surface area contributed by atoms with Gasteiger partial charge >= 0.3 is 6.01 Å². The number of anilines is 1. The summed E-state index contributed by atoms with van der Waals surface area (Å²) in [6.45, 7) is -0.393. The Kier molecular flexibility index (Phi) is 5.24. The molecule has 2 aromatic rings. The predicted molar refractivity (Wildman–Crippen MR) is 81.1 cm³/mol. The summed E-state index contributed by atoms with van der Waals surface area (Å²) in [6.07, 6.45) is 0. The molecule has 11 heteroatoms. The van der Waals surface area contributed by atoms with E-state index in [1.807, 2.05) is 0 Å². The number of hydrogen-bond donors (Lipinski definition) is 1. The average Bonchev–Trinajstić information content (AvgIpc) is 2.52. The van der Waals surface area contributed by atoms with Crippen LogP contribution in [0.5, 0.6) is 6.01 Å². The molecular formula is C13H15F2N5O3S. The van der Waals surface area contributed by atoms with Crippen LogP contribution in [0.2, 0.25) is 0 Å². The molecule has 1 aromatic heterocycles. The predicted octanol–water partition coefficient (Wildman–Crippen LogP) is 0.703. The van der Waals surface area contributed by atoms with E-state index in [9.17, 15) is 17.2 Å². The van der Waals surface area contributed by atoms with E-state index in [4.69, 9.17) is 4.74 Å². The number of nitrogens with zero attached hydrogens (tertiary/aromatic N) is 4. The minimum atomic E-state index is -4.43. The molecule has 2 rings (SSSR count). The molecule has 0 aliphatic heterocycles. The molecule has 0 spiro atoms. The lowest BCUT2D eigenvalue weighted by atomic mass is 10.3. The standard InChI is InChI=1S/C13H15F2N5O3S/c1-20(2)12-17-10(18-13(19-12)23-3)7-16-24(21,22)11-8(14)5-4-6-9(11)15/h4-6,16H,7H2,1-3H3. The third-order valence-electron chi connectivity index (χ3n) is 2.84. The minimum Gasteiger partial charge on any atom is -0.467 e. The summed E-state index contributed by atoms with van der Waals surface area (Å²) in [5.74, 6) is -2.10. The third kappa shape index (κ3) is 3.92. The van der Waals surface area contributed by atoms with Crippen LogP contribution < -0.4 is 14.4 Å². The number of halogens is 2. The maximum Gasteiger partial charge on any atom is 0.321 e. The molecule has 0 atom stereocenters. The first-order valence-electron chi connectivity index (χ1n) is 6.64. The first-order chi connectivity index (χ1) is 11.2. The van der Waals surface area contributed by atoms with Gasteiger partial charge in [-0.05, 0) is 12.1 Å². The molecule has 0 aliphatic carbocycles. The Morgan fingerprint density at radius 2 is 1.79 bits per heavy atom. The smallest absolute Gasteiger partial charge is 0.321 e. The summed E-state index contributed by atoms with van der Waals surface area (Å²) < 4.78 is 58.5. The van der Waals surface area contributed by atoms with Crippen molar-refractivity contribution in [2.75, 3.05) is 26.1 Å². The molecular weight excluding hydrogens is 344 g/mol. The van der Waals surface area contributed by atoms with Crippen LogP contribution in [0.1, 0.15) is 5.82 Å². The molecule has 1 heterocycles. The fraction of sp³-hybridized carbons (Fsp3) is 0.308. The van der Waals surface area contributed by atoms with Gasteiger partial charge in [0.1, 0.15) is 11.6 Å². The van der Waals surface area contributed by atoms with Gasteiger partial charge in [-0.2, -0.15) is 15.0 Å². The summed E-state index contributed by atoms with van der Waals surface area (Å²) in [5, 5.41) is 0. The fourth-order valence-corrected chi connectivity index (χ4v) is 2.84. The number of sulfonamides is 1. The maximum atomic E-state index is 13.6. The highest BCUT2D eigenvalue weighted by atomic mass is 32.2. The summed E-state index contributed by atoms with van der Waals surface area (Å²) in [5.41, 5.74) is 0. The van der Waals surface area contributed by atoms with E-state index < -0.39 is 33.1 Å². The normalized spacial score (nSPS) is 11.4. The number of aromatic nitrogens is 3. The number of nitrogens with one attached hydrogen (secondary N) is 1. The van der Waals surface area contributed by atoms with Gasteiger partial charge in [0.2, 0.25) is 16.0 Å². The average molecular weight is 359 g/mol. The minimum absolute atomic E-state index is 0.0139. The third-order valence-corrected chi connectivity index (χ3v) is 4.29. The quantitative estimate of drug-likeness (QED) is 0.811. The second-order valence-corrected chi connectivity index (χ2v) is 6.51. The van der Waals surface area contributed by atoms with Gasteiger partial charge in [-0.1, -0.05) is 6.07 Å². The summed E-state index contributed by atoms with van der Waals surface area (Å²) in [6, 6.07) is 2.77. The molecule has 1 N–H and O–H groups in total. The largest absolute Gasteiger partial charge is 0.467 e. The Morgan fingerprint density at radius 1 is 1.17 bits per heavy atom. The number of hydrogen-bond acceptors (Lipinski definition) is 7. The Bertz CT molecular complexity index is 825. The van der Waals surface area contributed by atoms with Gasteiger partial charge in [0, 0.05) is 14.1 Å². The molecule has 0 aliphatic rings. The molecule has 0 radical (unpaired) electrons. The molecule has 0 fully saturated rings. The van der Waals surface area contributed by atoms with E-state index in [1.54, 1.807) is 19.0 Å². The van der Waals surface area contributed by atoms with Crippen LogP contribution in [0.4, 0.5) is 14.7 Å². The number of methoxy groups -OCH3 is 1. The number of benzene rings is 1. The lowest BCUT2D eigenvalue weighted by Gasteiger charge is -2.12. The summed E-state index contributed by atoms with van der Waals surface area (Å²) in [4.78, 5) is 12.4. The van der Waals surface area contributed by atoms with Crippen molar-refractivity contribution >= 4 is 16.0 Å². The van der Waals surface area contributed by atoms with Crippen LogP contribution >= 0.6 is 0 Å². The van der Waals surface area contributed by atoms with Crippen molar-refractivity contribution in [3.05, 3.63) is 35.7 Å². The van der Waals surface area contributed by atoms with Gasteiger partial charge in [0.15, 0.2) is 10.7 Å². The van der Waals surface area contributed by atoms with Crippen molar-refractivity contribution in [2.45, 2.75) is 11.4 Å². The Hall–Kier alpha value is -2.40. The summed E-state index contributed by atoms with van der Waals surface area (Å²) in [7, 11) is 0.273. The van der Waals surface area contributed by atoms with Gasteiger partial charge in [0.05, 0.1) is 13.7 Å². The lowest BCUT2D eigenvalue weighted by Crippen LogP contribution is -2.27. The Balaban J connectivity index is 2.28. The van der Waals surface area contributed by atoms with Crippen LogP contribution in [-0.4, -0.2) is 44.6 Å². The molecule has 130 valence electrons. The first-order valence-corrected chi connectivity index (χ1v) is 8.13. The molecule has 0 unspecified atom stereocenters. The summed E-state index contributed by atoms with van der Waals surface area (Å²) >= 11 is 0. The van der Waals surface area contributed by atoms with E-state index >= 15 is 0 Å². The van der Waals surface area contributed by atoms with E-state index in [2.05, 4.69) is 19.7 Å². The van der Waals surface area contributed by atoms with Crippen molar-refractivity contribution < 1.29 is 21.9 Å². The fourth-order valence-electron chi connectivity index (χ4n) is 1.73. The van der Waals surface area contributed by atoms with E-state index in [0.29, 0.717) is 0 Å². The second-order valence-electron chi connectivity index (χ2n) is 4.81. The molecule has 0 saturated heterocycles. The molecule has 0 bridgehead atoms. The number of ether oxygens (including phenoxy) is 1. The van der Waals surface area contributed by atoms with Crippen LogP contribution in [-0.2, 0) is 16.6 Å². The molecule has 0 saturated carbocycles. The van der Waals surface area contributed by atoms with Crippen LogP contribution in [0, 0.1) is 11.6 Å². The van der Waals surface area contributed by atoms with Gasteiger partial charge < -0.3 is 9.64 Å². The van der Waals surface area contributed by atoms with Crippen molar-refractivity contribution in [3.63, 3.8) is 0 Å². The van der Waals surface area contributed by atoms with E-state index in [1.165, 1.54) is 7.11 Å². The van der Waals surface area contributed by atoms with Crippen LogP contribution in [0.3, 0.4) is 0 Å². The van der Waals surface area contributed by atoms with Crippen molar-refractivity contribution in [1.29, 1.82) is 0 Å². The zero-order chi connectivity index (χ0) is 17.9. The van der Waals surface area contributed by atoms with Gasteiger partial charge in [-0.3, -0.25) is 0 Å². The number of rotatable bonds is 6. The van der Waals surface area contributed by atoms with Gasteiger partial charge in [0.25, 0.3) is 0 Å². The van der Waals surface area contributed by atoms with Gasteiger partial charge in [-0.15, -0.1) is 0 Å². The van der Waals surface area contributed by atoms with Crippen molar-refractivity contribution in [1.82, 2.24) is 19.7 Å². The Labute approximate surface area is 137 Å². The SMILES string of the molecule is COc1nc(CNS(=O)(=O)c2c(F)cccc2F)nc(N(C)C)n1. The maximum absolute atomic E-state index is 13.6. The monoisotopic (exact) mass is 359 g/mol. The zero-order valence-corrected chi connectivity index (χ0v) is 13.9. The zero-order valence-electron chi connectivity index (χ0n) is 13.1. The van der Waals surface area contributed by atoms with Crippen LogP contribution in [0.15, 0.2) is 23.1 Å². The first kappa shape index (κ1) is 17.9. The molecule has 0 amide bonds. The molecule has 1 aromatic carbocycles. The molecule has 8 nitrogen and oxygen atoms in total. The highest BCUT2D eigenvalue weighted by Gasteiger charge is 2.24. The van der Waals surface area contributed by atoms with Crippen molar-refractivity contribution in [2.24, 2.45) is 0 Å². The highest BCUT2D eigenvalue weighted by molar-refractivity contribution is 7.89. The van der Waals surface area contributed by atoms with E-state index in [0.717, 1.165) is 18.2 Å². The van der Waals surface area contributed by atoms with Crippen molar-refractivity contribution in [3.8, 4) is 6.01 Å². The second kappa shape index (κ2) is 7.01. The topological polar surface area (TPSA) is 97.3 Å². The highest BCUT2D eigenvalue weighted by Crippen LogP contribution is 2.18. The molecule has 24 heavy (non-hydrogen) atoms. The van der Waals surface area contributed by atoms with Crippen LogP contribution in [0.25, 0.3) is 0 Å².